The fourth-order valence-corrected chi connectivity index (χ4v) is 5.07. The maximum atomic E-state index is 13.4. The highest BCUT2D eigenvalue weighted by molar-refractivity contribution is 6.07. The van der Waals surface area contributed by atoms with E-state index in [1.54, 1.807) is 0 Å². The number of hydrogen-bond acceptors (Lipinski definition) is 4. The van der Waals surface area contributed by atoms with Gasteiger partial charge in [-0.2, -0.15) is 0 Å². The fraction of sp³-hybridized carbons (Fsp3) is 0.385. The molecule has 0 spiro atoms. The molecular formula is C26H29N3O3. The van der Waals surface area contributed by atoms with E-state index in [1.807, 2.05) is 43.1 Å². The van der Waals surface area contributed by atoms with Crippen LogP contribution in [-0.2, 0) is 36.1 Å². The quantitative estimate of drug-likeness (QED) is 0.590. The Morgan fingerprint density at radius 3 is 2.72 bits per heavy atom. The van der Waals surface area contributed by atoms with Gasteiger partial charge in [-0.1, -0.05) is 43.3 Å². The number of nitrogens with one attached hydrogen (secondary N) is 1. The van der Waals surface area contributed by atoms with Crippen molar-refractivity contribution in [1.29, 1.82) is 0 Å². The number of para-hydroxylation sites is 1. The summed E-state index contributed by atoms with van der Waals surface area (Å²) >= 11 is 0. The van der Waals surface area contributed by atoms with Gasteiger partial charge < -0.3 is 9.73 Å². The summed E-state index contributed by atoms with van der Waals surface area (Å²) in [7, 11) is 1.92. The molecular weight excluding hydrogens is 402 g/mol. The molecule has 1 unspecified atom stereocenters. The van der Waals surface area contributed by atoms with Crippen LogP contribution < -0.4 is 5.32 Å². The molecule has 6 nitrogen and oxygen atoms in total. The SMILES string of the molecule is CCc1oc2ccccc2c1CN(C)CN1C(=O)NC(C)(c2ccc3c(c2)CCC3)C1=O. The molecule has 5 rings (SSSR count). The number of nitrogens with zero attached hydrogens (tertiary/aromatic N) is 2. The molecule has 32 heavy (non-hydrogen) atoms. The number of imide groups is 1. The highest BCUT2D eigenvalue weighted by Gasteiger charge is 2.49. The molecule has 2 heterocycles. The zero-order valence-corrected chi connectivity index (χ0v) is 18.9. The van der Waals surface area contributed by atoms with E-state index in [9.17, 15) is 9.59 Å². The summed E-state index contributed by atoms with van der Waals surface area (Å²) in [5.74, 6) is 0.735. The second-order valence-electron chi connectivity index (χ2n) is 9.13. The lowest BCUT2D eigenvalue weighted by atomic mass is 9.90. The second-order valence-corrected chi connectivity index (χ2v) is 9.13. The third kappa shape index (κ3) is 3.30. The van der Waals surface area contributed by atoms with Gasteiger partial charge in [0.05, 0.1) is 6.67 Å². The van der Waals surface area contributed by atoms with Gasteiger partial charge in [0, 0.05) is 23.9 Å². The van der Waals surface area contributed by atoms with E-state index in [1.165, 1.54) is 16.0 Å². The van der Waals surface area contributed by atoms with Gasteiger partial charge in [-0.15, -0.1) is 0 Å². The minimum atomic E-state index is -1.04. The van der Waals surface area contributed by atoms with Gasteiger partial charge in [0.15, 0.2) is 0 Å². The Kier molecular flexibility index (Phi) is 5.05. The lowest BCUT2D eigenvalue weighted by Gasteiger charge is -2.25. The monoisotopic (exact) mass is 431 g/mol. The normalized spacial score (nSPS) is 20.4. The van der Waals surface area contributed by atoms with E-state index in [2.05, 4.69) is 30.4 Å². The lowest BCUT2D eigenvalue weighted by molar-refractivity contribution is -0.132. The van der Waals surface area contributed by atoms with E-state index in [0.717, 1.165) is 53.5 Å². The Morgan fingerprint density at radius 2 is 1.91 bits per heavy atom. The number of carbonyl (C=O) groups is 2. The van der Waals surface area contributed by atoms with Gasteiger partial charge in [-0.3, -0.25) is 9.69 Å². The van der Waals surface area contributed by atoms with E-state index >= 15 is 0 Å². The van der Waals surface area contributed by atoms with Gasteiger partial charge in [0.25, 0.3) is 5.91 Å². The van der Waals surface area contributed by atoms with Gasteiger partial charge >= 0.3 is 6.03 Å². The van der Waals surface area contributed by atoms with Crippen molar-refractivity contribution in [3.05, 3.63) is 70.5 Å². The van der Waals surface area contributed by atoms with E-state index < -0.39 is 5.54 Å². The van der Waals surface area contributed by atoms with Crippen LogP contribution in [0, 0.1) is 0 Å². The predicted octanol–water partition coefficient (Wildman–Crippen LogP) is 4.34. The molecule has 0 saturated carbocycles. The molecule has 0 bridgehead atoms. The number of urea groups is 1. The van der Waals surface area contributed by atoms with Crippen molar-refractivity contribution in [3.8, 4) is 0 Å². The standard InChI is InChI=1S/C26H29N3O3/c1-4-22-21(20-10-5-6-11-23(20)32-22)15-28(3)16-29-24(30)26(2,27-25(29)31)19-13-12-17-8-7-9-18(17)14-19/h5-6,10-14H,4,7-9,15-16H2,1-3H3,(H,27,31). The molecule has 0 radical (unpaired) electrons. The number of rotatable bonds is 6. The van der Waals surface area contributed by atoms with Crippen molar-refractivity contribution in [2.45, 2.75) is 51.6 Å². The van der Waals surface area contributed by atoms with Crippen molar-refractivity contribution in [2.24, 2.45) is 0 Å². The first kappa shape index (κ1) is 20.8. The number of carbonyl (C=O) groups excluding carboxylic acids is 2. The molecule has 1 N–H and O–H groups in total. The van der Waals surface area contributed by atoms with Crippen LogP contribution in [0.1, 0.15) is 48.3 Å². The van der Waals surface area contributed by atoms with Gasteiger partial charge in [0.1, 0.15) is 16.9 Å². The predicted molar refractivity (Wildman–Crippen MR) is 123 cm³/mol. The Balaban J connectivity index is 1.36. The summed E-state index contributed by atoms with van der Waals surface area (Å²) in [6.07, 6.45) is 4.06. The first-order valence-electron chi connectivity index (χ1n) is 11.3. The maximum Gasteiger partial charge on any atom is 0.326 e. The van der Waals surface area contributed by atoms with Crippen LogP contribution in [0.4, 0.5) is 4.79 Å². The molecule has 3 amide bonds. The first-order chi connectivity index (χ1) is 15.4. The fourth-order valence-electron chi connectivity index (χ4n) is 5.07. The number of aryl methyl sites for hydroxylation is 3. The minimum absolute atomic E-state index is 0.208. The van der Waals surface area contributed by atoms with Gasteiger partial charge in [-0.05, 0) is 56.0 Å². The van der Waals surface area contributed by atoms with Crippen molar-refractivity contribution < 1.29 is 14.0 Å². The largest absolute Gasteiger partial charge is 0.461 e. The first-order valence-corrected chi connectivity index (χ1v) is 11.3. The highest BCUT2D eigenvalue weighted by Crippen LogP contribution is 2.33. The molecule has 1 aliphatic carbocycles. The molecule has 1 saturated heterocycles. The van der Waals surface area contributed by atoms with Crippen LogP contribution in [0.25, 0.3) is 11.0 Å². The molecule has 1 aliphatic heterocycles. The number of furan rings is 1. The highest BCUT2D eigenvalue weighted by atomic mass is 16.3. The summed E-state index contributed by atoms with van der Waals surface area (Å²) in [6.45, 7) is 4.68. The zero-order chi connectivity index (χ0) is 22.5. The van der Waals surface area contributed by atoms with Crippen LogP contribution in [0.15, 0.2) is 46.9 Å². The number of benzene rings is 2. The second kappa shape index (κ2) is 7.78. The van der Waals surface area contributed by atoms with E-state index in [0.29, 0.717) is 6.54 Å². The van der Waals surface area contributed by atoms with Crippen LogP contribution in [-0.4, -0.2) is 35.5 Å². The Morgan fingerprint density at radius 1 is 1.12 bits per heavy atom. The summed E-state index contributed by atoms with van der Waals surface area (Å²) in [5, 5.41) is 4.03. The van der Waals surface area contributed by atoms with Crippen LogP contribution in [0.2, 0.25) is 0 Å². The van der Waals surface area contributed by atoms with Crippen LogP contribution >= 0.6 is 0 Å². The summed E-state index contributed by atoms with van der Waals surface area (Å²) in [6, 6.07) is 13.8. The number of hydrogen-bond donors (Lipinski definition) is 1. The number of amides is 3. The van der Waals surface area contributed by atoms with Crippen molar-refractivity contribution in [1.82, 2.24) is 15.1 Å². The summed E-state index contributed by atoms with van der Waals surface area (Å²) < 4.78 is 6.00. The third-order valence-electron chi connectivity index (χ3n) is 6.86. The van der Waals surface area contributed by atoms with Gasteiger partial charge in [-0.25, -0.2) is 9.69 Å². The maximum absolute atomic E-state index is 13.4. The van der Waals surface area contributed by atoms with Crippen molar-refractivity contribution >= 4 is 22.9 Å². The molecule has 166 valence electrons. The topological polar surface area (TPSA) is 65.8 Å². The third-order valence-corrected chi connectivity index (χ3v) is 6.86. The summed E-state index contributed by atoms with van der Waals surface area (Å²) in [4.78, 5) is 29.5. The Bertz CT molecular complexity index is 1210. The smallest absolute Gasteiger partial charge is 0.326 e. The van der Waals surface area contributed by atoms with Gasteiger partial charge in [0.2, 0.25) is 0 Å². The Labute approximate surface area is 188 Å². The van der Waals surface area contributed by atoms with E-state index in [4.69, 9.17) is 4.42 Å². The van der Waals surface area contributed by atoms with Crippen molar-refractivity contribution in [3.63, 3.8) is 0 Å². The average molecular weight is 432 g/mol. The molecule has 2 aromatic carbocycles. The molecule has 2 aliphatic rings. The van der Waals surface area contributed by atoms with E-state index in [-0.39, 0.29) is 18.6 Å². The zero-order valence-electron chi connectivity index (χ0n) is 18.9. The minimum Gasteiger partial charge on any atom is -0.461 e. The van der Waals surface area contributed by atoms with Crippen molar-refractivity contribution in [2.75, 3.05) is 13.7 Å². The van der Waals surface area contributed by atoms with Crippen LogP contribution in [0.3, 0.4) is 0 Å². The van der Waals surface area contributed by atoms with Crippen LogP contribution in [0.5, 0.6) is 0 Å². The Hall–Kier alpha value is -3.12. The molecule has 3 aromatic rings. The molecule has 1 atom stereocenters. The molecule has 1 aromatic heterocycles. The number of fused-ring (bicyclic) bond motifs is 2. The molecule has 6 heteroatoms. The lowest BCUT2D eigenvalue weighted by Crippen LogP contribution is -2.43. The summed E-state index contributed by atoms with van der Waals surface area (Å²) in [5.41, 5.74) is 4.44. The average Bonchev–Trinajstić information content (AvgIpc) is 3.45. The molecule has 1 fully saturated rings.